The number of hydrogen-bond acceptors (Lipinski definition) is 2. The summed E-state index contributed by atoms with van der Waals surface area (Å²) in [4.78, 5) is 18.2. The predicted molar refractivity (Wildman–Crippen MR) is 75.8 cm³/mol. The van der Waals surface area contributed by atoms with E-state index in [1.165, 1.54) is 0 Å². The van der Waals surface area contributed by atoms with Crippen LogP contribution in [0.4, 0.5) is 0 Å². The van der Waals surface area contributed by atoms with E-state index in [0.29, 0.717) is 17.4 Å². The summed E-state index contributed by atoms with van der Waals surface area (Å²) < 4.78 is 0.773. The molecule has 1 saturated heterocycles. The standard InChI is InChI=1S/C13H16BrClN2O/c1-8(2)9-3-4-17(7-9)13(18)11-5-10(14)6-16-12(11)15/h5-6,8-9H,3-4,7H2,1-2H3. The Labute approximate surface area is 121 Å². The molecule has 1 aliphatic heterocycles. The second kappa shape index (κ2) is 5.57. The van der Waals surface area contributed by atoms with E-state index in [-0.39, 0.29) is 11.1 Å². The van der Waals surface area contributed by atoms with Crippen LogP contribution in [-0.4, -0.2) is 28.9 Å². The fourth-order valence-electron chi connectivity index (χ4n) is 2.26. The highest BCUT2D eigenvalue weighted by Crippen LogP contribution is 2.27. The number of pyridine rings is 1. The van der Waals surface area contributed by atoms with Crippen molar-refractivity contribution in [3.8, 4) is 0 Å². The number of amides is 1. The Morgan fingerprint density at radius 1 is 1.61 bits per heavy atom. The maximum absolute atomic E-state index is 12.4. The van der Waals surface area contributed by atoms with Crippen molar-refractivity contribution >= 4 is 33.4 Å². The molecule has 1 atom stereocenters. The molecule has 0 spiro atoms. The first-order valence-electron chi connectivity index (χ1n) is 6.09. The van der Waals surface area contributed by atoms with Gasteiger partial charge < -0.3 is 4.90 Å². The number of carbonyl (C=O) groups is 1. The summed E-state index contributed by atoms with van der Waals surface area (Å²) >= 11 is 9.31. The third kappa shape index (κ3) is 2.86. The van der Waals surface area contributed by atoms with Crippen LogP contribution in [0.25, 0.3) is 0 Å². The number of nitrogens with zero attached hydrogens (tertiary/aromatic N) is 2. The smallest absolute Gasteiger partial charge is 0.257 e. The van der Waals surface area contributed by atoms with Crippen LogP contribution in [-0.2, 0) is 0 Å². The first kappa shape index (κ1) is 13.8. The van der Waals surface area contributed by atoms with E-state index >= 15 is 0 Å². The van der Waals surface area contributed by atoms with Gasteiger partial charge in [0.25, 0.3) is 5.91 Å². The molecule has 0 aromatic carbocycles. The van der Waals surface area contributed by atoms with Crippen LogP contribution >= 0.6 is 27.5 Å². The summed E-state index contributed by atoms with van der Waals surface area (Å²) in [6.07, 6.45) is 2.67. The molecule has 1 amide bonds. The lowest BCUT2D eigenvalue weighted by molar-refractivity contribution is 0.0783. The summed E-state index contributed by atoms with van der Waals surface area (Å²) in [5, 5.41) is 0.274. The molecule has 0 bridgehead atoms. The van der Waals surface area contributed by atoms with Gasteiger partial charge in [-0.15, -0.1) is 0 Å². The van der Waals surface area contributed by atoms with Gasteiger partial charge in [0, 0.05) is 23.8 Å². The van der Waals surface area contributed by atoms with Gasteiger partial charge in [0.05, 0.1) is 5.56 Å². The van der Waals surface area contributed by atoms with E-state index in [9.17, 15) is 4.79 Å². The number of carbonyl (C=O) groups excluding carboxylic acids is 1. The summed E-state index contributed by atoms with van der Waals surface area (Å²) in [6, 6.07) is 1.74. The van der Waals surface area contributed by atoms with Crippen LogP contribution in [0.2, 0.25) is 5.15 Å². The van der Waals surface area contributed by atoms with Crippen LogP contribution in [0.5, 0.6) is 0 Å². The lowest BCUT2D eigenvalue weighted by Gasteiger charge is -2.18. The van der Waals surface area contributed by atoms with Crippen molar-refractivity contribution in [2.24, 2.45) is 11.8 Å². The highest BCUT2D eigenvalue weighted by molar-refractivity contribution is 9.10. The second-order valence-electron chi connectivity index (χ2n) is 5.04. The van der Waals surface area contributed by atoms with Crippen LogP contribution in [0.1, 0.15) is 30.6 Å². The molecule has 1 aromatic heterocycles. The maximum Gasteiger partial charge on any atom is 0.257 e. The number of halogens is 2. The van der Waals surface area contributed by atoms with Gasteiger partial charge in [0.15, 0.2) is 0 Å². The van der Waals surface area contributed by atoms with E-state index < -0.39 is 0 Å². The second-order valence-corrected chi connectivity index (χ2v) is 6.31. The van der Waals surface area contributed by atoms with Crippen molar-refractivity contribution in [3.05, 3.63) is 27.5 Å². The lowest BCUT2D eigenvalue weighted by Crippen LogP contribution is -2.29. The molecule has 0 saturated carbocycles. The molecule has 5 heteroatoms. The normalized spacial score (nSPS) is 19.6. The SMILES string of the molecule is CC(C)C1CCN(C(=O)c2cc(Br)cnc2Cl)C1. The summed E-state index contributed by atoms with van der Waals surface area (Å²) in [6.45, 7) is 6.03. The molecule has 1 unspecified atom stereocenters. The van der Waals surface area contributed by atoms with Crippen LogP contribution in [0, 0.1) is 11.8 Å². The van der Waals surface area contributed by atoms with E-state index in [4.69, 9.17) is 11.6 Å². The fraction of sp³-hybridized carbons (Fsp3) is 0.538. The van der Waals surface area contributed by atoms with E-state index in [2.05, 4.69) is 34.8 Å². The Hall–Kier alpha value is -0.610. The summed E-state index contributed by atoms with van der Waals surface area (Å²) in [5.74, 6) is 1.18. The number of rotatable bonds is 2. The van der Waals surface area contributed by atoms with E-state index in [1.807, 2.05) is 4.90 Å². The summed E-state index contributed by atoms with van der Waals surface area (Å²) in [7, 11) is 0. The summed E-state index contributed by atoms with van der Waals surface area (Å²) in [5.41, 5.74) is 0.482. The Kier molecular flexibility index (Phi) is 4.28. The van der Waals surface area contributed by atoms with Crippen LogP contribution in [0.3, 0.4) is 0 Å². The highest BCUT2D eigenvalue weighted by Gasteiger charge is 2.29. The maximum atomic E-state index is 12.4. The minimum atomic E-state index is -0.0167. The first-order chi connectivity index (χ1) is 8.49. The van der Waals surface area contributed by atoms with Gasteiger partial charge in [-0.25, -0.2) is 4.98 Å². The molecule has 18 heavy (non-hydrogen) atoms. The Morgan fingerprint density at radius 2 is 2.33 bits per heavy atom. The van der Waals surface area contributed by atoms with Crippen molar-refractivity contribution in [1.29, 1.82) is 0 Å². The quantitative estimate of drug-likeness (QED) is 0.776. The average Bonchev–Trinajstić information content (AvgIpc) is 2.81. The Bertz CT molecular complexity index is 464. The van der Waals surface area contributed by atoms with Crippen molar-refractivity contribution < 1.29 is 4.79 Å². The van der Waals surface area contributed by atoms with Gasteiger partial charge in [0.2, 0.25) is 0 Å². The number of likely N-dealkylation sites (tertiary alicyclic amines) is 1. The highest BCUT2D eigenvalue weighted by atomic mass is 79.9. The molecule has 2 heterocycles. The fourth-order valence-corrected chi connectivity index (χ4v) is 2.77. The van der Waals surface area contributed by atoms with Gasteiger partial charge in [-0.1, -0.05) is 25.4 Å². The van der Waals surface area contributed by atoms with Gasteiger partial charge in [-0.2, -0.15) is 0 Å². The molecule has 1 fully saturated rings. The molecule has 0 aliphatic carbocycles. The van der Waals surface area contributed by atoms with E-state index in [1.54, 1.807) is 12.3 Å². The number of hydrogen-bond donors (Lipinski definition) is 0. The van der Waals surface area contributed by atoms with Gasteiger partial charge in [-0.05, 0) is 40.3 Å². The minimum absolute atomic E-state index is 0.0167. The average molecular weight is 332 g/mol. The zero-order valence-electron chi connectivity index (χ0n) is 10.5. The molecule has 0 radical (unpaired) electrons. The van der Waals surface area contributed by atoms with Crippen LogP contribution in [0.15, 0.2) is 16.7 Å². The van der Waals surface area contributed by atoms with Crippen molar-refractivity contribution in [2.45, 2.75) is 20.3 Å². The predicted octanol–water partition coefficient (Wildman–Crippen LogP) is 3.62. The largest absolute Gasteiger partial charge is 0.338 e. The molecule has 0 N–H and O–H groups in total. The van der Waals surface area contributed by atoms with Crippen molar-refractivity contribution in [2.75, 3.05) is 13.1 Å². The van der Waals surface area contributed by atoms with Gasteiger partial charge in [-0.3, -0.25) is 4.79 Å². The van der Waals surface area contributed by atoms with Crippen molar-refractivity contribution in [1.82, 2.24) is 9.88 Å². The monoisotopic (exact) mass is 330 g/mol. The molecule has 98 valence electrons. The minimum Gasteiger partial charge on any atom is -0.338 e. The Morgan fingerprint density at radius 3 is 2.94 bits per heavy atom. The zero-order valence-corrected chi connectivity index (χ0v) is 12.8. The third-order valence-electron chi connectivity index (χ3n) is 3.49. The Balaban J connectivity index is 2.15. The van der Waals surface area contributed by atoms with Gasteiger partial charge in [0.1, 0.15) is 5.15 Å². The molecule has 1 aromatic rings. The molecular formula is C13H16BrClN2O. The van der Waals surface area contributed by atoms with E-state index in [0.717, 1.165) is 24.0 Å². The zero-order chi connectivity index (χ0) is 13.3. The van der Waals surface area contributed by atoms with Gasteiger partial charge >= 0.3 is 0 Å². The topological polar surface area (TPSA) is 33.2 Å². The number of aromatic nitrogens is 1. The van der Waals surface area contributed by atoms with Crippen LogP contribution < -0.4 is 0 Å². The molecular weight excluding hydrogens is 316 g/mol. The molecule has 3 nitrogen and oxygen atoms in total. The molecule has 2 rings (SSSR count). The van der Waals surface area contributed by atoms with Crippen molar-refractivity contribution in [3.63, 3.8) is 0 Å². The molecule has 1 aliphatic rings. The lowest BCUT2D eigenvalue weighted by atomic mass is 9.95. The third-order valence-corrected chi connectivity index (χ3v) is 4.23. The first-order valence-corrected chi connectivity index (χ1v) is 7.26.